The molecule has 12 heteroatoms. The number of aromatic nitrogens is 4. The number of primary sulfonamides is 1. The van der Waals surface area contributed by atoms with Gasteiger partial charge in [0.2, 0.25) is 15.8 Å². The summed E-state index contributed by atoms with van der Waals surface area (Å²) in [7, 11) is -4.71. The predicted molar refractivity (Wildman–Crippen MR) is 89.7 cm³/mol. The third kappa shape index (κ3) is 3.96. The van der Waals surface area contributed by atoms with Crippen LogP contribution in [0.1, 0.15) is 42.7 Å². The maximum absolute atomic E-state index is 13.5. The third-order valence-electron chi connectivity index (χ3n) is 4.97. The van der Waals surface area contributed by atoms with Crippen molar-refractivity contribution in [1.29, 1.82) is 0 Å². The normalized spacial score (nSPS) is 21.4. The lowest BCUT2D eigenvalue weighted by atomic mass is 9.77. The van der Waals surface area contributed by atoms with Gasteiger partial charge in [-0.05, 0) is 60.9 Å². The molecule has 148 valence electrons. The van der Waals surface area contributed by atoms with Gasteiger partial charge < -0.3 is 5.73 Å². The molecule has 1 aromatic heterocycles. The van der Waals surface area contributed by atoms with Gasteiger partial charge >= 0.3 is 6.18 Å². The Balaban J connectivity index is 2.24. The number of H-pyrrole nitrogens is 1. The van der Waals surface area contributed by atoms with Crippen LogP contribution in [0, 0.1) is 5.92 Å². The summed E-state index contributed by atoms with van der Waals surface area (Å²) in [6.45, 7) is 0.542. The second-order valence-electron chi connectivity index (χ2n) is 6.64. The molecule has 0 atom stereocenters. The molecule has 0 unspecified atom stereocenters. The van der Waals surface area contributed by atoms with Crippen LogP contribution in [-0.2, 0) is 16.2 Å². The van der Waals surface area contributed by atoms with Gasteiger partial charge in [-0.2, -0.15) is 18.4 Å². The van der Waals surface area contributed by atoms with Gasteiger partial charge in [-0.3, -0.25) is 0 Å². The van der Waals surface area contributed by atoms with Gasteiger partial charge in [-0.15, -0.1) is 10.2 Å². The fourth-order valence-electron chi connectivity index (χ4n) is 3.66. The average molecular weight is 404 g/mol. The molecule has 5 N–H and O–H groups in total. The molecule has 0 spiro atoms. The molecule has 1 heterocycles. The molecule has 1 saturated carbocycles. The highest BCUT2D eigenvalue weighted by Crippen LogP contribution is 2.45. The van der Waals surface area contributed by atoms with Crippen molar-refractivity contribution in [2.24, 2.45) is 16.8 Å². The standard InChI is InChI=1S/C15H19F3N6O2S/c16-15(17,18)11-6-5-10(9-3-1-8(7-19)2-4-9)12(13(11)27(20,25)26)14-21-23-24-22-14/h5-6,8-9H,1-4,7,19H2,(H2,20,25,26)(H,21,22,23,24). The Morgan fingerprint density at radius 1 is 1.19 bits per heavy atom. The maximum Gasteiger partial charge on any atom is 0.417 e. The van der Waals surface area contributed by atoms with Gasteiger partial charge in [0.05, 0.1) is 5.56 Å². The summed E-state index contributed by atoms with van der Waals surface area (Å²) >= 11 is 0. The molecule has 1 aromatic carbocycles. The van der Waals surface area contributed by atoms with Crippen molar-refractivity contribution in [3.63, 3.8) is 0 Å². The van der Waals surface area contributed by atoms with E-state index < -0.39 is 26.7 Å². The Bertz CT molecular complexity index is 906. The minimum atomic E-state index is -4.91. The summed E-state index contributed by atoms with van der Waals surface area (Å²) in [6, 6.07) is 2.05. The average Bonchev–Trinajstić information content (AvgIpc) is 3.13. The zero-order valence-corrected chi connectivity index (χ0v) is 15.0. The highest BCUT2D eigenvalue weighted by molar-refractivity contribution is 7.89. The van der Waals surface area contributed by atoms with Crippen LogP contribution in [0.15, 0.2) is 17.0 Å². The minimum Gasteiger partial charge on any atom is -0.330 e. The van der Waals surface area contributed by atoms with Crippen molar-refractivity contribution in [2.75, 3.05) is 6.54 Å². The lowest BCUT2D eigenvalue weighted by Crippen LogP contribution is -2.24. The number of aromatic amines is 1. The summed E-state index contributed by atoms with van der Waals surface area (Å²) in [4.78, 5) is -1.02. The van der Waals surface area contributed by atoms with E-state index in [0.29, 0.717) is 30.9 Å². The zero-order chi connectivity index (χ0) is 19.8. The molecule has 1 aliphatic rings. The minimum absolute atomic E-state index is 0.149. The Hall–Kier alpha value is -2.05. The first-order valence-electron chi connectivity index (χ1n) is 8.33. The van der Waals surface area contributed by atoms with Crippen molar-refractivity contribution in [3.05, 3.63) is 23.3 Å². The number of hydrogen-bond acceptors (Lipinski definition) is 6. The molecule has 2 aromatic rings. The van der Waals surface area contributed by atoms with Crippen molar-refractivity contribution in [3.8, 4) is 11.4 Å². The number of tetrazole rings is 1. The fraction of sp³-hybridized carbons (Fsp3) is 0.533. The van der Waals surface area contributed by atoms with Crippen molar-refractivity contribution < 1.29 is 21.6 Å². The van der Waals surface area contributed by atoms with Crippen LogP contribution in [0.3, 0.4) is 0 Å². The Morgan fingerprint density at radius 2 is 1.85 bits per heavy atom. The van der Waals surface area contributed by atoms with E-state index in [9.17, 15) is 21.6 Å². The smallest absolute Gasteiger partial charge is 0.330 e. The first-order chi connectivity index (χ1) is 12.6. The van der Waals surface area contributed by atoms with E-state index in [4.69, 9.17) is 10.9 Å². The number of rotatable bonds is 4. The highest BCUT2D eigenvalue weighted by atomic mass is 32.2. The van der Waals surface area contributed by atoms with Crippen LogP contribution in [0.4, 0.5) is 13.2 Å². The summed E-state index contributed by atoms with van der Waals surface area (Å²) in [5.74, 6) is -0.0350. The van der Waals surface area contributed by atoms with Crippen LogP contribution in [0.2, 0.25) is 0 Å². The van der Waals surface area contributed by atoms with Crippen LogP contribution in [-0.4, -0.2) is 35.6 Å². The summed E-state index contributed by atoms with van der Waals surface area (Å²) in [6.07, 6.45) is -1.96. The first-order valence-corrected chi connectivity index (χ1v) is 9.88. The molecule has 1 aliphatic carbocycles. The Morgan fingerprint density at radius 3 is 2.33 bits per heavy atom. The molecule has 0 aliphatic heterocycles. The molecule has 3 rings (SSSR count). The second-order valence-corrected chi connectivity index (χ2v) is 8.14. The number of alkyl halides is 3. The summed E-state index contributed by atoms with van der Waals surface area (Å²) in [5, 5.41) is 18.1. The number of nitrogens with two attached hydrogens (primary N) is 2. The molecule has 1 fully saturated rings. The molecular weight excluding hydrogens is 385 g/mol. The van der Waals surface area contributed by atoms with Gasteiger partial charge in [-0.1, -0.05) is 6.07 Å². The molecular formula is C15H19F3N6O2S. The van der Waals surface area contributed by atoms with E-state index in [0.717, 1.165) is 18.9 Å². The largest absolute Gasteiger partial charge is 0.417 e. The number of benzene rings is 1. The lowest BCUT2D eigenvalue weighted by Gasteiger charge is -2.30. The van der Waals surface area contributed by atoms with E-state index in [1.165, 1.54) is 6.07 Å². The van der Waals surface area contributed by atoms with Gasteiger partial charge in [-0.25, -0.2) is 13.6 Å². The number of halogens is 3. The zero-order valence-electron chi connectivity index (χ0n) is 14.2. The van der Waals surface area contributed by atoms with Crippen LogP contribution in [0.25, 0.3) is 11.4 Å². The summed E-state index contributed by atoms with van der Waals surface area (Å²) in [5.41, 5.74) is 4.53. The van der Waals surface area contributed by atoms with E-state index >= 15 is 0 Å². The molecule has 0 bridgehead atoms. The fourth-order valence-corrected chi connectivity index (χ4v) is 4.65. The maximum atomic E-state index is 13.5. The number of sulfonamides is 1. The summed E-state index contributed by atoms with van der Waals surface area (Å²) < 4.78 is 64.7. The van der Waals surface area contributed by atoms with Crippen molar-refractivity contribution in [2.45, 2.75) is 42.7 Å². The second kappa shape index (κ2) is 7.17. The SMILES string of the molecule is NCC1CCC(c2ccc(C(F)(F)F)c(S(N)(=O)=O)c2-c2nn[nH]n2)CC1. The van der Waals surface area contributed by atoms with Gasteiger partial charge in [0.1, 0.15) is 4.90 Å². The number of hydrogen-bond donors (Lipinski definition) is 3. The van der Waals surface area contributed by atoms with E-state index in [2.05, 4.69) is 20.6 Å². The molecule has 0 amide bonds. The Kier molecular flexibility index (Phi) is 5.23. The highest BCUT2D eigenvalue weighted by Gasteiger charge is 2.40. The predicted octanol–water partition coefficient (Wildman–Crippen LogP) is 1.77. The van der Waals surface area contributed by atoms with E-state index in [-0.39, 0.29) is 17.3 Å². The number of nitrogens with one attached hydrogen (secondary N) is 1. The molecule has 27 heavy (non-hydrogen) atoms. The first kappa shape index (κ1) is 19.7. The van der Waals surface area contributed by atoms with E-state index in [1.54, 1.807) is 0 Å². The molecule has 0 radical (unpaired) electrons. The molecule has 0 saturated heterocycles. The van der Waals surface area contributed by atoms with Crippen LogP contribution >= 0.6 is 0 Å². The van der Waals surface area contributed by atoms with Gasteiger partial charge in [0.15, 0.2) is 0 Å². The van der Waals surface area contributed by atoms with Gasteiger partial charge in [0.25, 0.3) is 0 Å². The topological polar surface area (TPSA) is 141 Å². The van der Waals surface area contributed by atoms with E-state index in [1.807, 2.05) is 0 Å². The quantitative estimate of drug-likeness (QED) is 0.709. The van der Waals surface area contributed by atoms with Crippen molar-refractivity contribution in [1.82, 2.24) is 20.6 Å². The third-order valence-corrected chi connectivity index (χ3v) is 5.96. The Labute approximate surface area is 153 Å². The van der Waals surface area contributed by atoms with Crippen molar-refractivity contribution >= 4 is 10.0 Å². The lowest BCUT2D eigenvalue weighted by molar-refractivity contribution is -0.139. The monoisotopic (exact) mass is 404 g/mol. The molecule has 8 nitrogen and oxygen atoms in total. The van der Waals surface area contributed by atoms with Crippen LogP contribution < -0.4 is 10.9 Å². The van der Waals surface area contributed by atoms with Gasteiger partial charge in [0, 0.05) is 5.56 Å². The number of nitrogens with zero attached hydrogens (tertiary/aromatic N) is 3. The van der Waals surface area contributed by atoms with Crippen LogP contribution in [0.5, 0.6) is 0 Å².